The summed E-state index contributed by atoms with van der Waals surface area (Å²) in [6.07, 6.45) is 2.42. The van der Waals surface area contributed by atoms with Crippen molar-refractivity contribution in [3.8, 4) is 0 Å². The van der Waals surface area contributed by atoms with E-state index in [-0.39, 0.29) is 6.04 Å². The second-order valence-electron chi connectivity index (χ2n) is 2.95. The fourth-order valence-electron chi connectivity index (χ4n) is 1.07. The Morgan fingerprint density at radius 1 is 1.77 bits per heavy atom. The first kappa shape index (κ1) is 9.70. The second-order valence-corrected chi connectivity index (χ2v) is 2.95. The number of aromatic nitrogens is 3. The summed E-state index contributed by atoms with van der Waals surface area (Å²) < 4.78 is 1.84. The van der Waals surface area contributed by atoms with Crippen LogP contribution in [-0.2, 0) is 7.05 Å². The molecule has 13 heavy (non-hydrogen) atoms. The largest absolute Gasteiger partial charge is 0.387 e. The van der Waals surface area contributed by atoms with Gasteiger partial charge in [-0.1, -0.05) is 6.92 Å². The molecule has 0 spiro atoms. The molecule has 2 N–H and O–H groups in total. The molecule has 0 aliphatic rings. The van der Waals surface area contributed by atoms with Crippen molar-refractivity contribution in [2.45, 2.75) is 26.3 Å². The molecule has 72 valence electrons. The molecule has 0 saturated carbocycles. The van der Waals surface area contributed by atoms with E-state index in [2.05, 4.69) is 15.2 Å². The maximum Gasteiger partial charge on any atom is 0.157 e. The number of rotatable bonds is 3. The van der Waals surface area contributed by atoms with E-state index in [1.54, 1.807) is 6.33 Å². The summed E-state index contributed by atoms with van der Waals surface area (Å²) >= 11 is 0. The maximum atomic E-state index is 5.62. The third kappa shape index (κ3) is 2.27. The molecule has 0 saturated heterocycles. The van der Waals surface area contributed by atoms with Gasteiger partial charge in [0.1, 0.15) is 12.4 Å². The van der Waals surface area contributed by atoms with Crippen LogP contribution >= 0.6 is 0 Å². The lowest BCUT2D eigenvalue weighted by atomic mass is 10.3. The molecule has 1 rings (SSSR count). The number of nitrogens with zero attached hydrogens (tertiary/aromatic N) is 4. The van der Waals surface area contributed by atoms with Gasteiger partial charge in [-0.3, -0.25) is 4.99 Å². The Labute approximate surface area is 77.7 Å². The molecule has 0 radical (unpaired) electrons. The van der Waals surface area contributed by atoms with Gasteiger partial charge in [0.15, 0.2) is 5.82 Å². The summed E-state index contributed by atoms with van der Waals surface area (Å²) in [6, 6.07) is -0.0209. The van der Waals surface area contributed by atoms with Crippen LogP contribution < -0.4 is 5.73 Å². The average Bonchev–Trinajstić information content (AvgIpc) is 2.51. The van der Waals surface area contributed by atoms with Crippen LogP contribution in [0.3, 0.4) is 0 Å². The SMILES string of the molecule is CCC(N)=NC(C)c1nncn1C. The van der Waals surface area contributed by atoms with Gasteiger partial charge in [-0.05, 0) is 6.92 Å². The summed E-state index contributed by atoms with van der Waals surface area (Å²) in [6.45, 7) is 3.93. The molecular formula is C8H15N5. The average molecular weight is 181 g/mol. The maximum absolute atomic E-state index is 5.62. The highest BCUT2D eigenvalue weighted by atomic mass is 15.3. The lowest BCUT2D eigenvalue weighted by molar-refractivity contribution is 0.683. The van der Waals surface area contributed by atoms with Crippen LogP contribution in [0, 0.1) is 0 Å². The van der Waals surface area contributed by atoms with Gasteiger partial charge in [0, 0.05) is 13.5 Å². The summed E-state index contributed by atoms with van der Waals surface area (Å²) in [5, 5.41) is 7.73. The highest BCUT2D eigenvalue weighted by Gasteiger charge is 2.09. The predicted octanol–water partition coefficient (Wildman–Crippen LogP) is 0.643. The Bertz CT molecular complexity index is 301. The van der Waals surface area contributed by atoms with Gasteiger partial charge in [-0.15, -0.1) is 10.2 Å². The number of hydrogen-bond acceptors (Lipinski definition) is 3. The van der Waals surface area contributed by atoms with Crippen molar-refractivity contribution in [1.82, 2.24) is 14.8 Å². The number of nitrogens with two attached hydrogens (primary N) is 1. The molecule has 0 fully saturated rings. The smallest absolute Gasteiger partial charge is 0.157 e. The molecule has 1 aromatic heterocycles. The van der Waals surface area contributed by atoms with Crippen molar-refractivity contribution in [2.24, 2.45) is 17.8 Å². The third-order valence-electron chi connectivity index (χ3n) is 1.84. The standard InChI is InChI=1S/C8H15N5/c1-4-7(9)11-6(2)8-12-10-5-13(8)3/h5-6H,4H2,1-3H3,(H2,9,11). The molecule has 1 atom stereocenters. The normalized spacial score (nSPS) is 14.5. The Kier molecular flexibility index (Phi) is 3.00. The fraction of sp³-hybridized carbons (Fsp3) is 0.625. The zero-order chi connectivity index (χ0) is 9.84. The Hall–Kier alpha value is -1.39. The Morgan fingerprint density at radius 3 is 2.92 bits per heavy atom. The lowest BCUT2D eigenvalue weighted by Gasteiger charge is -2.05. The zero-order valence-corrected chi connectivity index (χ0v) is 8.23. The van der Waals surface area contributed by atoms with Crippen LogP contribution in [0.25, 0.3) is 0 Å². The number of aryl methyl sites for hydroxylation is 1. The summed E-state index contributed by atoms with van der Waals surface area (Å²) in [7, 11) is 1.89. The molecule has 0 aliphatic carbocycles. The molecule has 1 aromatic rings. The van der Waals surface area contributed by atoms with Gasteiger partial charge >= 0.3 is 0 Å². The first-order valence-electron chi connectivity index (χ1n) is 4.31. The number of aliphatic imine (C=N–C) groups is 1. The predicted molar refractivity (Wildman–Crippen MR) is 51.3 cm³/mol. The molecule has 0 amide bonds. The quantitative estimate of drug-likeness (QED) is 0.549. The first-order chi connectivity index (χ1) is 6.15. The van der Waals surface area contributed by atoms with Crippen molar-refractivity contribution in [1.29, 1.82) is 0 Å². The van der Waals surface area contributed by atoms with Crippen molar-refractivity contribution in [3.05, 3.63) is 12.2 Å². The van der Waals surface area contributed by atoms with Gasteiger partial charge in [0.05, 0.1) is 5.84 Å². The zero-order valence-electron chi connectivity index (χ0n) is 8.23. The van der Waals surface area contributed by atoms with Crippen LogP contribution in [0.4, 0.5) is 0 Å². The minimum Gasteiger partial charge on any atom is -0.387 e. The van der Waals surface area contributed by atoms with Crippen LogP contribution in [0.15, 0.2) is 11.3 Å². The van der Waals surface area contributed by atoms with E-state index in [0.717, 1.165) is 12.2 Å². The number of hydrogen-bond donors (Lipinski definition) is 1. The van der Waals surface area contributed by atoms with E-state index in [9.17, 15) is 0 Å². The summed E-state index contributed by atoms with van der Waals surface area (Å²) in [5.41, 5.74) is 5.62. The fourth-order valence-corrected chi connectivity index (χ4v) is 1.07. The minimum atomic E-state index is -0.0209. The monoisotopic (exact) mass is 181 g/mol. The van der Waals surface area contributed by atoms with Gasteiger partial charge < -0.3 is 10.3 Å². The molecule has 5 nitrogen and oxygen atoms in total. The minimum absolute atomic E-state index is 0.0209. The van der Waals surface area contributed by atoms with E-state index < -0.39 is 0 Å². The van der Waals surface area contributed by atoms with Crippen molar-refractivity contribution in [3.63, 3.8) is 0 Å². The van der Waals surface area contributed by atoms with Crippen LogP contribution in [-0.4, -0.2) is 20.6 Å². The van der Waals surface area contributed by atoms with E-state index in [1.807, 2.05) is 25.5 Å². The lowest BCUT2D eigenvalue weighted by Crippen LogP contribution is -2.12. The second kappa shape index (κ2) is 4.02. The molecule has 5 heteroatoms. The molecule has 1 heterocycles. The van der Waals surface area contributed by atoms with E-state index in [0.29, 0.717) is 5.84 Å². The van der Waals surface area contributed by atoms with E-state index in [1.165, 1.54) is 0 Å². The topological polar surface area (TPSA) is 69.1 Å². The highest BCUT2D eigenvalue weighted by molar-refractivity contribution is 5.80. The molecule has 0 aromatic carbocycles. The van der Waals surface area contributed by atoms with Gasteiger partial charge in [0.25, 0.3) is 0 Å². The number of amidine groups is 1. The van der Waals surface area contributed by atoms with Gasteiger partial charge in [-0.2, -0.15) is 0 Å². The summed E-state index contributed by atoms with van der Waals surface area (Å²) in [4.78, 5) is 4.27. The Morgan fingerprint density at radius 2 is 2.46 bits per heavy atom. The molecule has 1 unspecified atom stereocenters. The van der Waals surface area contributed by atoms with E-state index in [4.69, 9.17) is 5.73 Å². The molecular weight excluding hydrogens is 166 g/mol. The Balaban J connectivity index is 2.80. The van der Waals surface area contributed by atoms with Crippen LogP contribution in [0.5, 0.6) is 0 Å². The van der Waals surface area contributed by atoms with E-state index >= 15 is 0 Å². The molecule has 0 aliphatic heterocycles. The molecule has 0 bridgehead atoms. The van der Waals surface area contributed by atoms with Crippen LogP contribution in [0.1, 0.15) is 32.1 Å². The van der Waals surface area contributed by atoms with Gasteiger partial charge in [-0.25, -0.2) is 0 Å². The first-order valence-corrected chi connectivity index (χ1v) is 4.31. The van der Waals surface area contributed by atoms with Crippen molar-refractivity contribution < 1.29 is 0 Å². The van der Waals surface area contributed by atoms with Crippen molar-refractivity contribution in [2.75, 3.05) is 0 Å². The summed E-state index contributed by atoms with van der Waals surface area (Å²) in [5.74, 6) is 1.48. The van der Waals surface area contributed by atoms with Crippen molar-refractivity contribution >= 4 is 5.84 Å². The van der Waals surface area contributed by atoms with Gasteiger partial charge in [0.2, 0.25) is 0 Å². The van der Waals surface area contributed by atoms with Crippen LogP contribution in [0.2, 0.25) is 0 Å². The third-order valence-corrected chi connectivity index (χ3v) is 1.84. The highest BCUT2D eigenvalue weighted by Crippen LogP contribution is 2.12.